The molecule has 0 spiro atoms. The Morgan fingerprint density at radius 1 is 1.13 bits per heavy atom. The normalized spacial score (nSPS) is 18.7. The van der Waals surface area contributed by atoms with Gasteiger partial charge in [-0.25, -0.2) is 8.42 Å². The Labute approximate surface area is 192 Å². The molecule has 1 amide bonds. The molecule has 0 radical (unpaired) electrons. The Morgan fingerprint density at radius 2 is 1.81 bits per heavy atom. The van der Waals surface area contributed by atoms with Gasteiger partial charge >= 0.3 is 0 Å². The zero-order valence-corrected chi connectivity index (χ0v) is 19.6. The van der Waals surface area contributed by atoms with Crippen LogP contribution in [0.4, 0.5) is 0 Å². The third kappa shape index (κ3) is 4.19. The van der Waals surface area contributed by atoms with Gasteiger partial charge in [-0.3, -0.25) is 14.1 Å². The van der Waals surface area contributed by atoms with E-state index in [0.717, 1.165) is 16.7 Å². The number of benzene rings is 2. The number of nitrogens with zero attached hydrogens (tertiary/aromatic N) is 3. The van der Waals surface area contributed by atoms with Gasteiger partial charge in [0.15, 0.2) is 0 Å². The van der Waals surface area contributed by atoms with Crippen molar-refractivity contribution in [2.45, 2.75) is 25.8 Å². The van der Waals surface area contributed by atoms with Crippen molar-refractivity contribution < 1.29 is 13.2 Å². The van der Waals surface area contributed by atoms with Gasteiger partial charge in [0.05, 0.1) is 31.8 Å². The fourth-order valence-corrected chi connectivity index (χ4v) is 5.76. The fraction of sp³-hybridized carbons (Fsp3) is 0.364. The number of carbonyl (C=O) groups is 1. The molecule has 4 rings (SSSR count). The molecule has 0 fully saturated rings. The van der Waals surface area contributed by atoms with E-state index in [2.05, 4.69) is 4.99 Å². The van der Waals surface area contributed by atoms with Gasteiger partial charge in [0.25, 0.3) is 0 Å². The molecule has 1 unspecified atom stereocenters. The molecule has 2 aliphatic rings. The van der Waals surface area contributed by atoms with Gasteiger partial charge in [0.1, 0.15) is 5.84 Å². The minimum Gasteiger partial charge on any atom is -0.335 e. The molecule has 0 saturated heterocycles. The van der Waals surface area contributed by atoms with Crippen LogP contribution in [0.1, 0.15) is 35.2 Å². The van der Waals surface area contributed by atoms with E-state index in [-0.39, 0.29) is 18.4 Å². The van der Waals surface area contributed by atoms with Crippen LogP contribution in [0.2, 0.25) is 10.0 Å². The highest BCUT2D eigenvalue weighted by Gasteiger charge is 2.33. The van der Waals surface area contributed by atoms with Gasteiger partial charge in [-0.05, 0) is 42.2 Å². The lowest BCUT2D eigenvalue weighted by molar-refractivity contribution is -0.133. The molecule has 0 aromatic heterocycles. The first-order valence-electron chi connectivity index (χ1n) is 10.0. The summed E-state index contributed by atoms with van der Waals surface area (Å²) >= 11 is 12.5. The Balaban J connectivity index is 1.63. The highest BCUT2D eigenvalue weighted by molar-refractivity contribution is 7.88. The molecule has 2 aliphatic heterocycles. The van der Waals surface area contributed by atoms with Crippen LogP contribution in [-0.2, 0) is 27.7 Å². The lowest BCUT2D eigenvalue weighted by Gasteiger charge is -2.37. The summed E-state index contributed by atoms with van der Waals surface area (Å²) in [6, 6.07) is 10.9. The van der Waals surface area contributed by atoms with E-state index in [4.69, 9.17) is 23.2 Å². The molecule has 0 saturated carbocycles. The number of aliphatic imine (C=N–C) groups is 1. The number of carbonyl (C=O) groups excluding carboxylic acids is 1. The maximum atomic E-state index is 13.1. The second kappa shape index (κ2) is 8.45. The summed E-state index contributed by atoms with van der Waals surface area (Å²) in [5.41, 5.74) is 3.51. The zero-order chi connectivity index (χ0) is 22.3. The van der Waals surface area contributed by atoms with Crippen LogP contribution in [0.25, 0.3) is 0 Å². The minimum absolute atomic E-state index is 0.0467. The van der Waals surface area contributed by atoms with E-state index in [1.807, 2.05) is 30.0 Å². The maximum Gasteiger partial charge on any atom is 0.233 e. The van der Waals surface area contributed by atoms with Crippen molar-refractivity contribution in [1.29, 1.82) is 0 Å². The first-order valence-corrected chi connectivity index (χ1v) is 12.7. The number of rotatable bonds is 4. The SMILES string of the molecule is CC1c2cccc(C3=NCCN3S(C)(=O)=O)c2CCN1C(=O)Cc1c(Cl)cccc1Cl. The van der Waals surface area contributed by atoms with Crippen LogP contribution in [0, 0.1) is 0 Å². The summed E-state index contributed by atoms with van der Waals surface area (Å²) in [4.78, 5) is 19.4. The van der Waals surface area contributed by atoms with Crippen molar-refractivity contribution in [3.63, 3.8) is 0 Å². The first-order chi connectivity index (χ1) is 14.7. The van der Waals surface area contributed by atoms with Crippen molar-refractivity contribution in [3.8, 4) is 0 Å². The van der Waals surface area contributed by atoms with Crippen molar-refractivity contribution >= 4 is 45.0 Å². The number of amides is 1. The van der Waals surface area contributed by atoms with E-state index < -0.39 is 10.0 Å². The van der Waals surface area contributed by atoms with Crippen LogP contribution >= 0.6 is 23.2 Å². The lowest BCUT2D eigenvalue weighted by atomic mass is 9.89. The molecule has 2 aromatic rings. The average molecular weight is 480 g/mol. The smallest absolute Gasteiger partial charge is 0.233 e. The van der Waals surface area contributed by atoms with Crippen LogP contribution in [0.5, 0.6) is 0 Å². The Kier molecular flexibility index (Phi) is 6.03. The standard InChI is InChI=1S/C22H23Cl2N3O3S/c1-14-15-5-3-6-17(22-25-10-12-27(22)31(2,29)30)16(15)9-11-26(14)21(28)13-18-19(23)7-4-8-20(18)24/h3-8,14H,9-13H2,1-2H3. The van der Waals surface area contributed by atoms with Gasteiger partial charge in [-0.15, -0.1) is 0 Å². The molecular weight excluding hydrogens is 457 g/mol. The summed E-state index contributed by atoms with van der Waals surface area (Å²) in [5.74, 6) is 0.448. The highest BCUT2D eigenvalue weighted by atomic mass is 35.5. The number of fused-ring (bicyclic) bond motifs is 1. The lowest BCUT2D eigenvalue weighted by Crippen LogP contribution is -2.41. The number of hydrogen-bond donors (Lipinski definition) is 0. The second-order valence-electron chi connectivity index (χ2n) is 7.80. The van der Waals surface area contributed by atoms with Crippen molar-refractivity contribution in [2.24, 2.45) is 4.99 Å². The molecule has 1 atom stereocenters. The van der Waals surface area contributed by atoms with E-state index in [1.165, 1.54) is 10.6 Å². The van der Waals surface area contributed by atoms with Crippen molar-refractivity contribution in [3.05, 3.63) is 68.7 Å². The third-order valence-electron chi connectivity index (χ3n) is 5.88. The summed E-state index contributed by atoms with van der Waals surface area (Å²) in [6.07, 6.45) is 1.95. The topological polar surface area (TPSA) is 70.1 Å². The predicted molar refractivity (Wildman–Crippen MR) is 123 cm³/mol. The molecule has 9 heteroatoms. The molecule has 164 valence electrons. The molecular formula is C22H23Cl2N3O3S. The van der Waals surface area contributed by atoms with E-state index in [1.54, 1.807) is 18.2 Å². The Bertz CT molecular complexity index is 1160. The Hall–Kier alpha value is -2.09. The number of amidine groups is 1. The molecule has 6 nitrogen and oxygen atoms in total. The number of halogens is 2. The van der Waals surface area contributed by atoms with Crippen LogP contribution in [-0.4, -0.2) is 55.3 Å². The first kappa shape index (κ1) is 22.1. The summed E-state index contributed by atoms with van der Waals surface area (Å²) in [6.45, 7) is 3.32. The van der Waals surface area contributed by atoms with Crippen molar-refractivity contribution in [1.82, 2.24) is 9.21 Å². The molecule has 2 heterocycles. The van der Waals surface area contributed by atoms with E-state index in [0.29, 0.717) is 47.5 Å². The summed E-state index contributed by atoms with van der Waals surface area (Å²) < 4.78 is 25.7. The van der Waals surface area contributed by atoms with E-state index >= 15 is 0 Å². The average Bonchev–Trinajstić information content (AvgIpc) is 3.21. The van der Waals surface area contributed by atoms with Gasteiger partial charge < -0.3 is 4.90 Å². The van der Waals surface area contributed by atoms with Gasteiger partial charge in [0, 0.05) is 22.2 Å². The molecule has 0 bridgehead atoms. The summed E-state index contributed by atoms with van der Waals surface area (Å²) in [5, 5.41) is 0.960. The minimum atomic E-state index is -3.39. The second-order valence-corrected chi connectivity index (χ2v) is 10.5. The van der Waals surface area contributed by atoms with Crippen molar-refractivity contribution in [2.75, 3.05) is 25.9 Å². The van der Waals surface area contributed by atoms with Gasteiger partial charge in [-0.1, -0.05) is 47.5 Å². The zero-order valence-electron chi connectivity index (χ0n) is 17.3. The molecule has 31 heavy (non-hydrogen) atoms. The maximum absolute atomic E-state index is 13.1. The number of sulfonamides is 1. The van der Waals surface area contributed by atoms with E-state index in [9.17, 15) is 13.2 Å². The van der Waals surface area contributed by atoms with Crippen LogP contribution < -0.4 is 0 Å². The van der Waals surface area contributed by atoms with Crippen LogP contribution in [0.3, 0.4) is 0 Å². The largest absolute Gasteiger partial charge is 0.335 e. The third-order valence-corrected chi connectivity index (χ3v) is 7.75. The number of hydrogen-bond acceptors (Lipinski definition) is 4. The summed E-state index contributed by atoms with van der Waals surface area (Å²) in [7, 11) is -3.39. The molecule has 0 N–H and O–H groups in total. The predicted octanol–water partition coefficient (Wildman–Crippen LogP) is 3.70. The quantitative estimate of drug-likeness (QED) is 0.670. The molecule has 2 aromatic carbocycles. The molecule has 0 aliphatic carbocycles. The van der Waals surface area contributed by atoms with Crippen LogP contribution in [0.15, 0.2) is 41.4 Å². The monoisotopic (exact) mass is 479 g/mol. The fourth-order valence-electron chi connectivity index (χ4n) is 4.35. The van der Waals surface area contributed by atoms with Gasteiger partial charge in [0.2, 0.25) is 15.9 Å². The highest BCUT2D eigenvalue weighted by Crippen LogP contribution is 2.34. The van der Waals surface area contributed by atoms with Gasteiger partial charge in [-0.2, -0.15) is 0 Å². The Morgan fingerprint density at radius 3 is 2.48 bits per heavy atom.